The second-order valence-electron chi connectivity index (χ2n) is 4.91. The highest BCUT2D eigenvalue weighted by Crippen LogP contribution is 2.33. The third kappa shape index (κ3) is 3.57. The molecule has 5 nitrogen and oxygen atoms in total. The first-order valence-corrected chi connectivity index (χ1v) is 6.83. The number of carbonyl (C=O) groups excluding carboxylic acids is 1. The highest BCUT2D eigenvalue weighted by molar-refractivity contribution is 5.87. The van der Waals surface area contributed by atoms with E-state index >= 15 is 0 Å². The van der Waals surface area contributed by atoms with Gasteiger partial charge in [-0.25, -0.2) is 4.79 Å². The number of carbonyl (C=O) groups is 2. The van der Waals surface area contributed by atoms with Gasteiger partial charge in [-0.3, -0.25) is 4.79 Å². The smallest absolute Gasteiger partial charge is 0.326 e. The number of benzene rings is 1. The van der Waals surface area contributed by atoms with Gasteiger partial charge in [0, 0.05) is 6.61 Å². The highest BCUT2D eigenvalue weighted by atomic mass is 16.5. The van der Waals surface area contributed by atoms with Gasteiger partial charge in [0.05, 0.1) is 0 Å². The standard InChI is InChI=1S/C15H19NO4/c1-2-20-13(11-6-4-3-5-7-11)14(17)16-12(15(18)19)10-8-9-10/h3-7,10,12-13H,2,8-9H2,1H3,(H,16,17)(H,18,19). The molecule has 0 bridgehead atoms. The zero-order valence-electron chi connectivity index (χ0n) is 11.4. The molecule has 5 heteroatoms. The summed E-state index contributed by atoms with van der Waals surface area (Å²) in [5, 5.41) is 11.8. The van der Waals surface area contributed by atoms with Gasteiger partial charge in [-0.1, -0.05) is 30.3 Å². The summed E-state index contributed by atoms with van der Waals surface area (Å²) < 4.78 is 5.47. The fourth-order valence-corrected chi connectivity index (χ4v) is 2.16. The second kappa shape index (κ2) is 6.52. The fourth-order valence-electron chi connectivity index (χ4n) is 2.16. The molecule has 0 radical (unpaired) electrons. The summed E-state index contributed by atoms with van der Waals surface area (Å²) in [6.07, 6.45) is 0.936. The third-order valence-corrected chi connectivity index (χ3v) is 3.33. The van der Waals surface area contributed by atoms with Crippen molar-refractivity contribution in [2.24, 2.45) is 5.92 Å². The van der Waals surface area contributed by atoms with Gasteiger partial charge in [-0.2, -0.15) is 0 Å². The molecule has 0 spiro atoms. The summed E-state index contributed by atoms with van der Waals surface area (Å²) in [5.41, 5.74) is 0.729. The Labute approximate surface area is 117 Å². The number of aliphatic carboxylic acids is 1. The van der Waals surface area contributed by atoms with Crippen LogP contribution in [0.5, 0.6) is 0 Å². The van der Waals surface area contributed by atoms with E-state index in [0.29, 0.717) is 6.61 Å². The average Bonchev–Trinajstić information content (AvgIpc) is 3.27. The van der Waals surface area contributed by atoms with Gasteiger partial charge in [0.1, 0.15) is 6.04 Å². The Balaban J connectivity index is 2.08. The molecule has 20 heavy (non-hydrogen) atoms. The molecule has 1 aromatic carbocycles. The van der Waals surface area contributed by atoms with Gasteiger partial charge in [0.2, 0.25) is 0 Å². The number of hydrogen-bond donors (Lipinski definition) is 2. The molecule has 2 atom stereocenters. The van der Waals surface area contributed by atoms with Gasteiger partial charge >= 0.3 is 5.97 Å². The lowest BCUT2D eigenvalue weighted by Crippen LogP contribution is -2.44. The molecule has 1 aromatic rings. The largest absolute Gasteiger partial charge is 0.480 e. The minimum absolute atomic E-state index is 0.0505. The molecule has 1 saturated carbocycles. The molecule has 2 unspecified atom stereocenters. The van der Waals surface area contributed by atoms with Crippen molar-refractivity contribution in [2.75, 3.05) is 6.61 Å². The first kappa shape index (κ1) is 14.5. The fraction of sp³-hybridized carbons (Fsp3) is 0.467. The van der Waals surface area contributed by atoms with Gasteiger partial charge < -0.3 is 15.2 Å². The van der Waals surface area contributed by atoms with E-state index in [9.17, 15) is 9.59 Å². The molecular formula is C15H19NO4. The van der Waals surface area contributed by atoms with Crippen LogP contribution in [-0.2, 0) is 14.3 Å². The Hall–Kier alpha value is -1.88. The Kier molecular flexibility index (Phi) is 4.74. The van der Waals surface area contributed by atoms with Crippen LogP contribution in [0.2, 0.25) is 0 Å². The molecule has 0 aliphatic heterocycles. The molecule has 2 N–H and O–H groups in total. The minimum Gasteiger partial charge on any atom is -0.480 e. The lowest BCUT2D eigenvalue weighted by molar-refractivity contribution is -0.145. The molecule has 0 heterocycles. The van der Waals surface area contributed by atoms with E-state index in [4.69, 9.17) is 9.84 Å². The van der Waals surface area contributed by atoms with Crippen LogP contribution in [0.1, 0.15) is 31.4 Å². The zero-order chi connectivity index (χ0) is 14.5. The summed E-state index contributed by atoms with van der Waals surface area (Å²) in [7, 11) is 0. The summed E-state index contributed by atoms with van der Waals surface area (Å²) in [5.74, 6) is -1.32. The summed E-state index contributed by atoms with van der Waals surface area (Å²) in [4.78, 5) is 23.5. The van der Waals surface area contributed by atoms with Crippen LogP contribution in [0, 0.1) is 5.92 Å². The Morgan fingerprint density at radius 2 is 2.00 bits per heavy atom. The maximum atomic E-state index is 12.3. The van der Waals surface area contributed by atoms with E-state index in [-0.39, 0.29) is 5.92 Å². The maximum absolute atomic E-state index is 12.3. The van der Waals surface area contributed by atoms with E-state index in [1.807, 2.05) is 18.2 Å². The van der Waals surface area contributed by atoms with Crippen molar-refractivity contribution in [3.63, 3.8) is 0 Å². The minimum atomic E-state index is -0.982. The topological polar surface area (TPSA) is 75.6 Å². The number of ether oxygens (including phenoxy) is 1. The zero-order valence-corrected chi connectivity index (χ0v) is 11.4. The number of hydrogen-bond acceptors (Lipinski definition) is 3. The molecule has 1 aliphatic carbocycles. The molecule has 1 fully saturated rings. The predicted molar refractivity (Wildman–Crippen MR) is 73.1 cm³/mol. The molecule has 108 valence electrons. The van der Waals surface area contributed by atoms with Gasteiger partial charge in [-0.05, 0) is 31.2 Å². The van der Waals surface area contributed by atoms with Crippen LogP contribution in [0.4, 0.5) is 0 Å². The molecule has 1 aliphatic rings. The van der Waals surface area contributed by atoms with Crippen molar-refractivity contribution >= 4 is 11.9 Å². The predicted octanol–water partition coefficient (Wildman–Crippen LogP) is 1.74. The number of amides is 1. The van der Waals surface area contributed by atoms with Crippen LogP contribution >= 0.6 is 0 Å². The van der Waals surface area contributed by atoms with Crippen LogP contribution in [0.25, 0.3) is 0 Å². The third-order valence-electron chi connectivity index (χ3n) is 3.33. The van der Waals surface area contributed by atoms with Crippen LogP contribution < -0.4 is 5.32 Å². The van der Waals surface area contributed by atoms with Crippen LogP contribution in [0.3, 0.4) is 0 Å². The Morgan fingerprint density at radius 3 is 2.50 bits per heavy atom. The summed E-state index contributed by atoms with van der Waals surface area (Å²) in [6.45, 7) is 2.19. The lowest BCUT2D eigenvalue weighted by atomic mass is 10.1. The molecular weight excluding hydrogens is 258 g/mol. The molecule has 0 saturated heterocycles. The van der Waals surface area contributed by atoms with E-state index < -0.39 is 24.0 Å². The van der Waals surface area contributed by atoms with Gasteiger partial charge in [0.25, 0.3) is 5.91 Å². The maximum Gasteiger partial charge on any atom is 0.326 e. The summed E-state index contributed by atoms with van der Waals surface area (Å²) in [6, 6.07) is 8.29. The van der Waals surface area contributed by atoms with E-state index in [2.05, 4.69) is 5.32 Å². The summed E-state index contributed by atoms with van der Waals surface area (Å²) >= 11 is 0. The second-order valence-corrected chi connectivity index (χ2v) is 4.91. The number of nitrogens with one attached hydrogen (secondary N) is 1. The average molecular weight is 277 g/mol. The molecule has 2 rings (SSSR count). The Bertz CT molecular complexity index is 470. The first-order valence-electron chi connectivity index (χ1n) is 6.83. The van der Waals surface area contributed by atoms with E-state index in [1.165, 1.54) is 0 Å². The van der Waals surface area contributed by atoms with Crippen molar-refractivity contribution in [3.05, 3.63) is 35.9 Å². The van der Waals surface area contributed by atoms with E-state index in [1.54, 1.807) is 19.1 Å². The normalized spacial score (nSPS) is 17.2. The van der Waals surface area contributed by atoms with Gasteiger partial charge in [0.15, 0.2) is 6.10 Å². The van der Waals surface area contributed by atoms with Crippen molar-refractivity contribution in [3.8, 4) is 0 Å². The number of rotatable bonds is 7. The Morgan fingerprint density at radius 1 is 1.35 bits per heavy atom. The first-order chi connectivity index (χ1) is 9.63. The number of carboxylic acids is 1. The van der Waals surface area contributed by atoms with Crippen molar-refractivity contribution in [1.29, 1.82) is 0 Å². The lowest BCUT2D eigenvalue weighted by Gasteiger charge is -2.20. The van der Waals surface area contributed by atoms with Crippen molar-refractivity contribution < 1.29 is 19.4 Å². The molecule has 1 amide bonds. The van der Waals surface area contributed by atoms with Crippen LogP contribution in [0.15, 0.2) is 30.3 Å². The molecule has 0 aromatic heterocycles. The van der Waals surface area contributed by atoms with Gasteiger partial charge in [-0.15, -0.1) is 0 Å². The quantitative estimate of drug-likeness (QED) is 0.796. The van der Waals surface area contributed by atoms with E-state index in [0.717, 1.165) is 18.4 Å². The SMILES string of the molecule is CCOC(C(=O)NC(C(=O)O)C1CC1)c1ccccc1. The van der Waals surface area contributed by atoms with Crippen molar-refractivity contribution in [2.45, 2.75) is 31.9 Å². The highest BCUT2D eigenvalue weighted by Gasteiger charge is 2.38. The monoisotopic (exact) mass is 277 g/mol. The van der Waals surface area contributed by atoms with Crippen molar-refractivity contribution in [1.82, 2.24) is 5.32 Å². The van der Waals surface area contributed by atoms with Crippen LogP contribution in [-0.4, -0.2) is 29.6 Å². The number of carboxylic acid groups (broad SMARTS) is 1.